The molecule has 0 bridgehead atoms. The standard InChI is InChI=1S/C20H20O8/c1-23-12-7-6-10(8-14(12)24-2)13-9-11(21)15-17(25-3)16(22)19(26-4)20(27-5)18(15)28-13/h6-9,22H,1-5H3. The molecular formula is C20H20O8. The van der Waals surface area contributed by atoms with Crippen LogP contribution in [0.25, 0.3) is 22.3 Å². The third kappa shape index (κ3) is 2.92. The molecule has 0 aliphatic heterocycles. The smallest absolute Gasteiger partial charge is 0.211 e. The highest BCUT2D eigenvalue weighted by molar-refractivity contribution is 5.95. The molecule has 0 radical (unpaired) electrons. The topological polar surface area (TPSA) is 96.6 Å². The van der Waals surface area contributed by atoms with Gasteiger partial charge in [0.1, 0.15) is 11.1 Å². The molecule has 28 heavy (non-hydrogen) atoms. The summed E-state index contributed by atoms with van der Waals surface area (Å²) in [5.74, 6) is 0.970. The molecule has 0 unspecified atom stereocenters. The van der Waals surface area contributed by atoms with Gasteiger partial charge in [0.05, 0.1) is 35.5 Å². The number of aromatic hydroxyl groups is 1. The van der Waals surface area contributed by atoms with E-state index in [1.54, 1.807) is 18.2 Å². The van der Waals surface area contributed by atoms with Crippen molar-refractivity contribution in [2.75, 3.05) is 35.5 Å². The monoisotopic (exact) mass is 388 g/mol. The second kappa shape index (κ2) is 7.59. The SMILES string of the molecule is COc1ccc(-c2cc(=O)c3c(OC)c(O)c(OC)c(OC)c3o2)cc1OC. The van der Waals surface area contributed by atoms with Crippen molar-refractivity contribution >= 4 is 11.0 Å². The molecule has 0 aliphatic carbocycles. The fraction of sp³-hybridized carbons (Fsp3) is 0.250. The second-order valence-corrected chi connectivity index (χ2v) is 5.70. The van der Waals surface area contributed by atoms with Crippen LogP contribution in [0.2, 0.25) is 0 Å². The summed E-state index contributed by atoms with van der Waals surface area (Å²) in [4.78, 5) is 12.8. The fourth-order valence-corrected chi connectivity index (χ4v) is 3.01. The van der Waals surface area contributed by atoms with Crippen molar-refractivity contribution in [1.82, 2.24) is 0 Å². The molecule has 0 atom stereocenters. The highest BCUT2D eigenvalue weighted by Crippen LogP contribution is 2.49. The number of hydrogen-bond acceptors (Lipinski definition) is 8. The summed E-state index contributed by atoms with van der Waals surface area (Å²) in [6.07, 6.45) is 0. The van der Waals surface area contributed by atoms with Gasteiger partial charge in [-0.15, -0.1) is 0 Å². The van der Waals surface area contributed by atoms with E-state index in [4.69, 9.17) is 28.1 Å². The fourth-order valence-electron chi connectivity index (χ4n) is 3.01. The number of benzene rings is 2. The molecule has 1 N–H and O–H groups in total. The number of methoxy groups -OCH3 is 5. The molecule has 148 valence electrons. The Morgan fingerprint density at radius 2 is 1.43 bits per heavy atom. The summed E-state index contributed by atoms with van der Waals surface area (Å²) < 4.78 is 32.3. The number of rotatable bonds is 6. The Bertz CT molecular complexity index is 1080. The maximum atomic E-state index is 12.8. The van der Waals surface area contributed by atoms with Crippen molar-refractivity contribution in [2.45, 2.75) is 0 Å². The van der Waals surface area contributed by atoms with Crippen LogP contribution in [0.3, 0.4) is 0 Å². The second-order valence-electron chi connectivity index (χ2n) is 5.70. The molecule has 0 amide bonds. The van der Waals surface area contributed by atoms with Gasteiger partial charge in [-0.1, -0.05) is 0 Å². The Balaban J connectivity index is 2.37. The van der Waals surface area contributed by atoms with Crippen LogP contribution in [0.15, 0.2) is 33.5 Å². The highest BCUT2D eigenvalue weighted by Gasteiger charge is 2.26. The van der Waals surface area contributed by atoms with E-state index >= 15 is 0 Å². The van der Waals surface area contributed by atoms with Crippen LogP contribution in [-0.4, -0.2) is 40.7 Å². The zero-order chi connectivity index (χ0) is 20.4. The predicted molar refractivity (Wildman–Crippen MR) is 102 cm³/mol. The van der Waals surface area contributed by atoms with E-state index in [0.717, 1.165) is 0 Å². The lowest BCUT2D eigenvalue weighted by molar-refractivity contribution is 0.316. The minimum Gasteiger partial charge on any atom is -0.502 e. The first-order chi connectivity index (χ1) is 13.5. The van der Waals surface area contributed by atoms with Gasteiger partial charge in [-0.05, 0) is 18.2 Å². The third-order valence-electron chi connectivity index (χ3n) is 4.30. The van der Waals surface area contributed by atoms with Crippen molar-refractivity contribution in [3.8, 4) is 45.8 Å². The number of hydrogen-bond donors (Lipinski definition) is 1. The Morgan fingerprint density at radius 1 is 0.786 bits per heavy atom. The quantitative estimate of drug-likeness (QED) is 0.688. The van der Waals surface area contributed by atoms with E-state index in [9.17, 15) is 9.90 Å². The molecule has 3 aromatic rings. The molecule has 3 rings (SSSR count). The molecule has 8 nitrogen and oxygen atoms in total. The molecule has 2 aromatic carbocycles. The van der Waals surface area contributed by atoms with Gasteiger partial charge in [0, 0.05) is 11.6 Å². The maximum absolute atomic E-state index is 12.8. The van der Waals surface area contributed by atoms with Gasteiger partial charge in [-0.3, -0.25) is 4.79 Å². The zero-order valence-corrected chi connectivity index (χ0v) is 16.1. The summed E-state index contributed by atoms with van der Waals surface area (Å²) in [6.45, 7) is 0. The average Bonchev–Trinajstić information content (AvgIpc) is 2.72. The van der Waals surface area contributed by atoms with Gasteiger partial charge in [0.15, 0.2) is 28.3 Å². The Hall–Kier alpha value is -3.55. The van der Waals surface area contributed by atoms with E-state index in [1.165, 1.54) is 41.6 Å². The summed E-state index contributed by atoms with van der Waals surface area (Å²) in [5.41, 5.74) is 0.259. The van der Waals surface area contributed by atoms with Gasteiger partial charge in [-0.25, -0.2) is 0 Å². The predicted octanol–water partition coefficient (Wildman–Crippen LogP) is 3.21. The third-order valence-corrected chi connectivity index (χ3v) is 4.30. The van der Waals surface area contributed by atoms with E-state index in [2.05, 4.69) is 0 Å². The first-order valence-corrected chi connectivity index (χ1v) is 8.21. The van der Waals surface area contributed by atoms with Gasteiger partial charge in [-0.2, -0.15) is 0 Å². The van der Waals surface area contributed by atoms with Gasteiger partial charge < -0.3 is 33.2 Å². The minimum atomic E-state index is -0.417. The highest BCUT2D eigenvalue weighted by atomic mass is 16.5. The van der Waals surface area contributed by atoms with Crippen LogP contribution < -0.4 is 29.1 Å². The van der Waals surface area contributed by atoms with Crippen molar-refractivity contribution in [2.24, 2.45) is 0 Å². The van der Waals surface area contributed by atoms with Gasteiger partial charge in [0.2, 0.25) is 17.2 Å². The number of fused-ring (bicyclic) bond motifs is 1. The lowest BCUT2D eigenvalue weighted by Gasteiger charge is -2.16. The number of ether oxygens (including phenoxy) is 5. The molecule has 1 heterocycles. The molecule has 8 heteroatoms. The number of phenolic OH excluding ortho intramolecular Hbond substituents is 1. The zero-order valence-electron chi connectivity index (χ0n) is 16.1. The normalized spacial score (nSPS) is 10.6. The molecular weight excluding hydrogens is 368 g/mol. The Kier molecular flexibility index (Phi) is 5.21. The van der Waals surface area contributed by atoms with Crippen LogP contribution >= 0.6 is 0 Å². The van der Waals surface area contributed by atoms with E-state index < -0.39 is 5.43 Å². The summed E-state index contributed by atoms with van der Waals surface area (Å²) >= 11 is 0. The van der Waals surface area contributed by atoms with E-state index in [1.807, 2.05) is 0 Å². The van der Waals surface area contributed by atoms with Crippen LogP contribution in [0.5, 0.6) is 34.5 Å². The summed E-state index contributed by atoms with van der Waals surface area (Å²) in [5, 5.41) is 10.4. The van der Waals surface area contributed by atoms with Crippen molar-refractivity contribution in [3.63, 3.8) is 0 Å². The van der Waals surface area contributed by atoms with Gasteiger partial charge in [0.25, 0.3) is 0 Å². The van der Waals surface area contributed by atoms with Crippen LogP contribution in [-0.2, 0) is 0 Å². The molecule has 0 saturated carbocycles. The molecule has 0 spiro atoms. The van der Waals surface area contributed by atoms with Crippen molar-refractivity contribution < 1.29 is 33.2 Å². The van der Waals surface area contributed by atoms with E-state index in [0.29, 0.717) is 17.1 Å². The average molecular weight is 388 g/mol. The first kappa shape index (κ1) is 19.2. The lowest BCUT2D eigenvalue weighted by atomic mass is 10.1. The van der Waals surface area contributed by atoms with Crippen molar-refractivity contribution in [1.29, 1.82) is 0 Å². The van der Waals surface area contributed by atoms with Crippen LogP contribution in [0.1, 0.15) is 0 Å². The summed E-state index contributed by atoms with van der Waals surface area (Å²) in [7, 11) is 7.12. The molecule has 1 aromatic heterocycles. The van der Waals surface area contributed by atoms with Crippen LogP contribution in [0.4, 0.5) is 0 Å². The van der Waals surface area contributed by atoms with Gasteiger partial charge >= 0.3 is 0 Å². The first-order valence-electron chi connectivity index (χ1n) is 8.21. The number of phenols is 1. The minimum absolute atomic E-state index is 0.000499. The molecule has 0 aliphatic rings. The molecule has 0 saturated heterocycles. The van der Waals surface area contributed by atoms with E-state index in [-0.39, 0.29) is 39.7 Å². The Morgan fingerprint density at radius 3 is 2.00 bits per heavy atom. The summed E-state index contributed by atoms with van der Waals surface area (Å²) in [6, 6.07) is 6.42. The molecule has 0 fully saturated rings. The maximum Gasteiger partial charge on any atom is 0.211 e. The van der Waals surface area contributed by atoms with Crippen molar-refractivity contribution in [3.05, 3.63) is 34.5 Å². The Labute approximate surface area is 160 Å². The largest absolute Gasteiger partial charge is 0.502 e. The lowest BCUT2D eigenvalue weighted by Crippen LogP contribution is -2.05. The van der Waals surface area contributed by atoms with Crippen LogP contribution in [0, 0.1) is 0 Å².